The minimum absolute atomic E-state index is 0.0490. The first kappa shape index (κ1) is 18.5. The van der Waals surface area contributed by atoms with Gasteiger partial charge in [0.05, 0.1) is 6.54 Å². The van der Waals surface area contributed by atoms with Gasteiger partial charge in [0.25, 0.3) is 0 Å². The lowest BCUT2D eigenvalue weighted by Crippen LogP contribution is -2.35. The van der Waals surface area contributed by atoms with Gasteiger partial charge < -0.3 is 5.32 Å². The van der Waals surface area contributed by atoms with Crippen LogP contribution in [-0.4, -0.2) is 20.5 Å². The molecule has 0 aliphatic carbocycles. The smallest absolute Gasteiger partial charge is 0.129 e. The van der Waals surface area contributed by atoms with Gasteiger partial charge in [0.15, 0.2) is 0 Å². The van der Waals surface area contributed by atoms with Crippen molar-refractivity contribution in [3.8, 4) is 11.3 Å². The van der Waals surface area contributed by atoms with Gasteiger partial charge in [-0.1, -0.05) is 48.0 Å². The maximum Gasteiger partial charge on any atom is 0.129 e. The van der Waals surface area contributed by atoms with Gasteiger partial charge in [-0.05, 0) is 32.9 Å². The van der Waals surface area contributed by atoms with Gasteiger partial charge in [0.1, 0.15) is 17.2 Å². The first-order chi connectivity index (χ1) is 12.3. The van der Waals surface area contributed by atoms with E-state index in [1.807, 2.05) is 30.3 Å². The predicted molar refractivity (Wildman–Crippen MR) is 103 cm³/mol. The van der Waals surface area contributed by atoms with E-state index in [2.05, 4.69) is 36.3 Å². The first-order valence-corrected chi connectivity index (χ1v) is 8.88. The molecule has 1 aromatic heterocycles. The van der Waals surface area contributed by atoms with Crippen LogP contribution >= 0.6 is 11.6 Å². The molecule has 0 fully saturated rings. The van der Waals surface area contributed by atoms with Gasteiger partial charge in [0.2, 0.25) is 0 Å². The zero-order chi connectivity index (χ0) is 18.7. The van der Waals surface area contributed by atoms with Crippen LogP contribution in [0, 0.1) is 5.82 Å². The molecule has 0 bridgehead atoms. The van der Waals surface area contributed by atoms with E-state index in [4.69, 9.17) is 11.6 Å². The fraction of sp³-hybridized carbons (Fsp3) is 0.300. The summed E-state index contributed by atoms with van der Waals surface area (Å²) < 4.78 is 14.1. The number of nitrogens with zero attached hydrogens (tertiary/aromatic N) is 3. The van der Waals surface area contributed by atoms with Gasteiger partial charge >= 0.3 is 0 Å². The van der Waals surface area contributed by atoms with Crippen molar-refractivity contribution in [2.24, 2.45) is 0 Å². The Kier molecular flexibility index (Phi) is 5.39. The van der Waals surface area contributed by atoms with Crippen molar-refractivity contribution in [1.82, 2.24) is 20.3 Å². The molecule has 26 heavy (non-hydrogen) atoms. The summed E-state index contributed by atoms with van der Waals surface area (Å²) in [6, 6.07) is 14.5. The summed E-state index contributed by atoms with van der Waals surface area (Å²) in [5.41, 5.74) is 2.92. The normalized spacial score (nSPS) is 11.7. The molecule has 0 amide bonds. The molecular weight excluding hydrogens is 351 g/mol. The van der Waals surface area contributed by atoms with Crippen LogP contribution in [0.3, 0.4) is 0 Å². The number of nitrogens with one attached hydrogen (secondary N) is 1. The number of benzene rings is 2. The van der Waals surface area contributed by atoms with Crippen LogP contribution in [0.1, 0.15) is 32.0 Å². The summed E-state index contributed by atoms with van der Waals surface area (Å²) in [6.07, 6.45) is 0. The second kappa shape index (κ2) is 7.56. The molecule has 0 aliphatic heterocycles. The second-order valence-corrected chi connectivity index (χ2v) is 7.60. The van der Waals surface area contributed by atoms with Gasteiger partial charge in [-0.3, -0.25) is 0 Å². The highest BCUT2D eigenvalue weighted by Gasteiger charge is 2.17. The van der Waals surface area contributed by atoms with E-state index in [9.17, 15) is 4.39 Å². The third kappa shape index (κ3) is 4.48. The fourth-order valence-corrected chi connectivity index (χ4v) is 2.79. The number of hydrogen-bond acceptors (Lipinski definition) is 3. The molecule has 1 N–H and O–H groups in total. The van der Waals surface area contributed by atoms with Crippen LogP contribution in [0.25, 0.3) is 11.3 Å². The van der Waals surface area contributed by atoms with E-state index >= 15 is 0 Å². The second-order valence-electron chi connectivity index (χ2n) is 7.20. The van der Waals surface area contributed by atoms with Gasteiger partial charge in [-0.2, -0.15) is 15.0 Å². The Balaban J connectivity index is 1.95. The number of halogens is 2. The van der Waals surface area contributed by atoms with Crippen LogP contribution in [0.15, 0.2) is 48.5 Å². The molecule has 0 saturated carbocycles. The summed E-state index contributed by atoms with van der Waals surface area (Å²) in [4.78, 5) is 1.51. The van der Waals surface area contributed by atoms with Crippen molar-refractivity contribution >= 4 is 11.6 Å². The van der Waals surface area contributed by atoms with Gasteiger partial charge in [-0.15, -0.1) is 0 Å². The monoisotopic (exact) mass is 372 g/mol. The first-order valence-electron chi connectivity index (χ1n) is 8.51. The molecule has 0 aliphatic rings. The van der Waals surface area contributed by atoms with Crippen LogP contribution in [0.2, 0.25) is 5.02 Å². The predicted octanol–water partition coefficient (Wildman–Crippen LogP) is 4.67. The quantitative estimate of drug-likeness (QED) is 0.707. The summed E-state index contributed by atoms with van der Waals surface area (Å²) in [6.45, 7) is 7.04. The van der Waals surface area contributed by atoms with Crippen LogP contribution in [0.4, 0.5) is 4.39 Å². The Morgan fingerprint density at radius 3 is 2.42 bits per heavy atom. The maximum absolute atomic E-state index is 14.1. The van der Waals surface area contributed by atoms with Crippen molar-refractivity contribution in [2.75, 3.05) is 0 Å². The molecule has 6 heteroatoms. The standard InChI is InChI=1S/C20H22ClFN4/c1-20(2,3)23-12-18-19(14-8-5-4-6-9-14)25-26(24-18)13-15-16(21)10-7-11-17(15)22/h4-11,23H,12-13H2,1-3H3. The Morgan fingerprint density at radius 1 is 1.04 bits per heavy atom. The maximum atomic E-state index is 14.1. The molecular formula is C20H22ClFN4. The van der Waals surface area contributed by atoms with Gasteiger partial charge in [-0.25, -0.2) is 4.39 Å². The average molecular weight is 373 g/mol. The summed E-state index contributed by atoms with van der Waals surface area (Å²) in [7, 11) is 0. The van der Waals surface area contributed by atoms with Gasteiger partial charge in [0, 0.05) is 28.2 Å². The lowest BCUT2D eigenvalue weighted by Gasteiger charge is -2.19. The number of hydrogen-bond donors (Lipinski definition) is 1. The summed E-state index contributed by atoms with van der Waals surface area (Å²) in [5.74, 6) is -0.356. The van der Waals surface area contributed by atoms with Crippen LogP contribution in [0.5, 0.6) is 0 Å². The highest BCUT2D eigenvalue weighted by molar-refractivity contribution is 6.31. The highest BCUT2D eigenvalue weighted by atomic mass is 35.5. The van der Waals surface area contributed by atoms with E-state index in [1.54, 1.807) is 12.1 Å². The molecule has 0 atom stereocenters. The van der Waals surface area contributed by atoms with E-state index in [0.29, 0.717) is 17.1 Å². The molecule has 2 aromatic carbocycles. The van der Waals surface area contributed by atoms with Crippen molar-refractivity contribution in [3.05, 3.63) is 70.6 Å². The number of aromatic nitrogens is 3. The topological polar surface area (TPSA) is 42.7 Å². The SMILES string of the molecule is CC(C)(C)NCc1nn(Cc2c(F)cccc2Cl)nc1-c1ccccc1. The Bertz CT molecular complexity index is 864. The van der Waals surface area contributed by atoms with E-state index in [-0.39, 0.29) is 17.9 Å². The lowest BCUT2D eigenvalue weighted by atomic mass is 10.1. The van der Waals surface area contributed by atoms with E-state index in [1.165, 1.54) is 10.9 Å². The molecule has 136 valence electrons. The fourth-order valence-electron chi connectivity index (χ4n) is 2.57. The van der Waals surface area contributed by atoms with E-state index in [0.717, 1.165) is 17.0 Å². The molecule has 0 spiro atoms. The average Bonchev–Trinajstić information content (AvgIpc) is 3.00. The minimum atomic E-state index is -0.356. The van der Waals surface area contributed by atoms with Crippen LogP contribution in [-0.2, 0) is 13.1 Å². The summed E-state index contributed by atoms with van der Waals surface area (Å²) in [5, 5.41) is 13.0. The molecule has 4 nitrogen and oxygen atoms in total. The van der Waals surface area contributed by atoms with E-state index < -0.39 is 0 Å². The largest absolute Gasteiger partial charge is 0.306 e. The highest BCUT2D eigenvalue weighted by Crippen LogP contribution is 2.23. The lowest BCUT2D eigenvalue weighted by molar-refractivity contribution is 0.419. The van der Waals surface area contributed by atoms with Crippen molar-refractivity contribution in [2.45, 2.75) is 39.4 Å². The molecule has 1 heterocycles. The Hall–Kier alpha value is -2.24. The molecule has 0 unspecified atom stereocenters. The molecule has 0 saturated heterocycles. The molecule has 0 radical (unpaired) electrons. The van der Waals surface area contributed by atoms with Crippen molar-refractivity contribution < 1.29 is 4.39 Å². The number of rotatable bonds is 5. The third-order valence-electron chi connectivity index (χ3n) is 3.92. The Morgan fingerprint density at radius 2 is 1.77 bits per heavy atom. The van der Waals surface area contributed by atoms with Crippen molar-refractivity contribution in [3.63, 3.8) is 0 Å². The molecule has 3 aromatic rings. The third-order valence-corrected chi connectivity index (χ3v) is 4.27. The Labute approximate surface area is 158 Å². The van der Waals surface area contributed by atoms with Crippen LogP contribution < -0.4 is 5.32 Å². The van der Waals surface area contributed by atoms with Crippen molar-refractivity contribution in [1.29, 1.82) is 0 Å². The zero-order valence-electron chi connectivity index (χ0n) is 15.1. The summed E-state index contributed by atoms with van der Waals surface area (Å²) >= 11 is 6.14. The molecule has 3 rings (SSSR count). The minimum Gasteiger partial charge on any atom is -0.306 e. The zero-order valence-corrected chi connectivity index (χ0v) is 15.9.